The van der Waals surface area contributed by atoms with Crippen molar-refractivity contribution in [3.05, 3.63) is 54.1 Å². The van der Waals surface area contributed by atoms with Crippen LogP contribution in [-0.4, -0.2) is 33.5 Å². The van der Waals surface area contributed by atoms with Gasteiger partial charge in [0.2, 0.25) is 10.0 Å². The zero-order valence-electron chi connectivity index (χ0n) is 15.5. The van der Waals surface area contributed by atoms with Crippen LogP contribution in [0.5, 0.6) is 5.75 Å². The van der Waals surface area contributed by atoms with Crippen LogP contribution in [0.4, 0.5) is 5.69 Å². The minimum Gasteiger partial charge on any atom is -0.484 e. The Labute approximate surface area is 160 Å². The molecule has 3 rings (SSSR count). The number of carbonyl (C=O) groups is 1. The van der Waals surface area contributed by atoms with Crippen molar-refractivity contribution in [3.63, 3.8) is 0 Å². The summed E-state index contributed by atoms with van der Waals surface area (Å²) in [7, 11) is -3.51. The summed E-state index contributed by atoms with van der Waals surface area (Å²) in [4.78, 5) is 14.6. The minimum atomic E-state index is -3.51. The quantitative estimate of drug-likeness (QED) is 0.791. The van der Waals surface area contributed by atoms with Crippen molar-refractivity contribution < 1.29 is 17.9 Å². The van der Waals surface area contributed by atoms with Gasteiger partial charge in [-0.3, -0.25) is 4.79 Å². The molecule has 1 atom stereocenters. The summed E-state index contributed by atoms with van der Waals surface area (Å²) in [5, 5.41) is 0. The maximum Gasteiger partial charge on any atom is 0.265 e. The molecule has 1 heterocycles. The summed E-state index contributed by atoms with van der Waals surface area (Å²) < 4.78 is 32.3. The average Bonchev–Trinajstić information content (AvgIpc) is 3.00. The number of ether oxygens (including phenoxy) is 1. The first-order valence-electron chi connectivity index (χ1n) is 9.05. The summed E-state index contributed by atoms with van der Waals surface area (Å²) in [6.45, 7) is 4.21. The Balaban J connectivity index is 1.63. The largest absolute Gasteiger partial charge is 0.484 e. The van der Waals surface area contributed by atoms with Gasteiger partial charge in [-0.15, -0.1) is 0 Å². The van der Waals surface area contributed by atoms with Crippen molar-refractivity contribution >= 4 is 21.6 Å². The molecule has 2 aromatic rings. The van der Waals surface area contributed by atoms with E-state index >= 15 is 0 Å². The zero-order valence-corrected chi connectivity index (χ0v) is 16.3. The molecule has 27 heavy (non-hydrogen) atoms. The van der Waals surface area contributed by atoms with Gasteiger partial charge in [-0.2, -0.15) is 0 Å². The van der Waals surface area contributed by atoms with Crippen LogP contribution in [0.1, 0.15) is 25.8 Å². The van der Waals surface area contributed by atoms with E-state index in [9.17, 15) is 13.2 Å². The second kappa shape index (κ2) is 8.10. The van der Waals surface area contributed by atoms with Gasteiger partial charge in [0, 0.05) is 18.3 Å². The molecular formula is C20H24N2O4S. The van der Waals surface area contributed by atoms with Gasteiger partial charge in [-0.05, 0) is 55.7 Å². The highest BCUT2D eigenvalue weighted by Gasteiger charge is 2.30. The third kappa shape index (κ3) is 4.31. The minimum absolute atomic E-state index is 0.0932. The van der Waals surface area contributed by atoms with Crippen LogP contribution in [0.15, 0.2) is 53.4 Å². The SMILES string of the molecule is CCCNS(=O)(=O)c1ccc(OCC(=O)N2c3ccccc3CC2C)cc1. The normalized spacial score (nSPS) is 16.2. The highest BCUT2D eigenvalue weighted by molar-refractivity contribution is 7.89. The van der Waals surface area contributed by atoms with E-state index in [2.05, 4.69) is 4.72 Å². The molecule has 0 saturated heterocycles. The number of hydrogen-bond acceptors (Lipinski definition) is 4. The Morgan fingerprint density at radius 3 is 2.59 bits per heavy atom. The van der Waals surface area contributed by atoms with Gasteiger partial charge in [0.05, 0.1) is 4.90 Å². The maximum atomic E-state index is 12.6. The number of carbonyl (C=O) groups excluding carboxylic acids is 1. The monoisotopic (exact) mass is 388 g/mol. The van der Waals surface area contributed by atoms with E-state index in [-0.39, 0.29) is 23.5 Å². The fourth-order valence-electron chi connectivity index (χ4n) is 3.19. The van der Waals surface area contributed by atoms with Crippen LogP contribution >= 0.6 is 0 Å². The molecule has 1 aliphatic heterocycles. The van der Waals surface area contributed by atoms with E-state index in [1.807, 2.05) is 38.1 Å². The Bertz CT molecular complexity index is 910. The van der Waals surface area contributed by atoms with E-state index in [0.717, 1.165) is 24.1 Å². The van der Waals surface area contributed by atoms with Gasteiger partial charge < -0.3 is 9.64 Å². The Kier molecular flexibility index (Phi) is 5.82. The predicted molar refractivity (Wildman–Crippen MR) is 105 cm³/mol. The molecule has 0 bridgehead atoms. The second-order valence-corrected chi connectivity index (χ2v) is 8.37. The van der Waals surface area contributed by atoms with Crippen molar-refractivity contribution in [1.82, 2.24) is 4.72 Å². The van der Waals surface area contributed by atoms with Crippen molar-refractivity contribution in [2.24, 2.45) is 0 Å². The lowest BCUT2D eigenvalue weighted by atomic mass is 10.1. The summed E-state index contributed by atoms with van der Waals surface area (Å²) in [5.41, 5.74) is 2.09. The number of sulfonamides is 1. The van der Waals surface area contributed by atoms with Gasteiger partial charge >= 0.3 is 0 Å². The average molecular weight is 388 g/mol. The van der Waals surface area contributed by atoms with Crippen molar-refractivity contribution in [3.8, 4) is 5.75 Å². The smallest absolute Gasteiger partial charge is 0.265 e. The third-order valence-corrected chi connectivity index (χ3v) is 5.99. The first-order valence-corrected chi connectivity index (χ1v) is 10.5. The Morgan fingerprint density at radius 2 is 1.89 bits per heavy atom. The first kappa shape index (κ1) is 19.4. The summed E-state index contributed by atoms with van der Waals surface area (Å²) in [5.74, 6) is 0.340. The van der Waals surface area contributed by atoms with Crippen LogP contribution in [0.2, 0.25) is 0 Å². The molecule has 1 amide bonds. The maximum absolute atomic E-state index is 12.6. The highest BCUT2D eigenvalue weighted by atomic mass is 32.2. The number of benzene rings is 2. The molecule has 0 aromatic heterocycles. The molecule has 0 saturated carbocycles. The number of rotatable bonds is 7. The van der Waals surface area contributed by atoms with Gasteiger partial charge in [-0.25, -0.2) is 13.1 Å². The molecule has 2 aromatic carbocycles. The van der Waals surface area contributed by atoms with E-state index in [1.165, 1.54) is 12.1 Å². The third-order valence-electron chi connectivity index (χ3n) is 4.51. The molecule has 0 spiro atoms. The Morgan fingerprint density at radius 1 is 1.19 bits per heavy atom. The number of nitrogens with zero attached hydrogens (tertiary/aromatic N) is 1. The van der Waals surface area contributed by atoms with Crippen LogP contribution in [0.3, 0.4) is 0 Å². The summed E-state index contributed by atoms with van der Waals surface area (Å²) >= 11 is 0. The molecule has 1 unspecified atom stereocenters. The van der Waals surface area contributed by atoms with E-state index < -0.39 is 10.0 Å². The lowest BCUT2D eigenvalue weighted by Crippen LogP contribution is -2.39. The van der Waals surface area contributed by atoms with Gasteiger partial charge in [-0.1, -0.05) is 25.1 Å². The van der Waals surface area contributed by atoms with E-state index in [0.29, 0.717) is 12.3 Å². The van der Waals surface area contributed by atoms with E-state index in [4.69, 9.17) is 4.74 Å². The molecule has 144 valence electrons. The Hall–Kier alpha value is -2.38. The van der Waals surface area contributed by atoms with Crippen molar-refractivity contribution in [2.45, 2.75) is 37.6 Å². The van der Waals surface area contributed by atoms with Gasteiger partial charge in [0.15, 0.2) is 6.61 Å². The fraction of sp³-hybridized carbons (Fsp3) is 0.350. The molecule has 1 aliphatic rings. The van der Waals surface area contributed by atoms with Crippen molar-refractivity contribution in [2.75, 3.05) is 18.1 Å². The first-order chi connectivity index (χ1) is 12.9. The standard InChI is InChI=1S/C20H24N2O4S/c1-3-12-21-27(24,25)18-10-8-17(9-11-18)26-14-20(23)22-15(2)13-16-6-4-5-7-19(16)22/h4-11,15,21H,3,12-14H2,1-2H3. The number of amides is 1. The number of hydrogen-bond donors (Lipinski definition) is 1. The summed E-state index contributed by atoms with van der Waals surface area (Å²) in [6, 6.07) is 14.0. The molecule has 1 N–H and O–H groups in total. The molecule has 0 aliphatic carbocycles. The van der Waals surface area contributed by atoms with Crippen LogP contribution in [-0.2, 0) is 21.2 Å². The molecule has 6 nitrogen and oxygen atoms in total. The topological polar surface area (TPSA) is 75.7 Å². The number of anilines is 1. The van der Waals surface area contributed by atoms with Crippen molar-refractivity contribution in [1.29, 1.82) is 0 Å². The van der Waals surface area contributed by atoms with Crippen LogP contribution in [0, 0.1) is 0 Å². The van der Waals surface area contributed by atoms with Crippen LogP contribution < -0.4 is 14.4 Å². The van der Waals surface area contributed by atoms with Gasteiger partial charge in [0.25, 0.3) is 5.91 Å². The second-order valence-electron chi connectivity index (χ2n) is 6.60. The molecule has 0 fully saturated rings. The lowest BCUT2D eigenvalue weighted by molar-refractivity contribution is -0.120. The number of para-hydroxylation sites is 1. The highest BCUT2D eigenvalue weighted by Crippen LogP contribution is 2.31. The molecular weight excluding hydrogens is 364 g/mol. The predicted octanol–water partition coefficient (Wildman–Crippen LogP) is 2.73. The lowest BCUT2D eigenvalue weighted by Gasteiger charge is -2.22. The van der Waals surface area contributed by atoms with E-state index in [1.54, 1.807) is 17.0 Å². The number of nitrogens with one attached hydrogen (secondary N) is 1. The molecule has 7 heteroatoms. The number of fused-ring (bicyclic) bond motifs is 1. The zero-order chi connectivity index (χ0) is 19.4. The molecule has 0 radical (unpaired) electrons. The van der Waals surface area contributed by atoms with Crippen LogP contribution in [0.25, 0.3) is 0 Å². The van der Waals surface area contributed by atoms with Gasteiger partial charge in [0.1, 0.15) is 5.75 Å². The summed E-state index contributed by atoms with van der Waals surface area (Å²) in [6.07, 6.45) is 1.56. The fourth-order valence-corrected chi connectivity index (χ4v) is 4.33.